The molecule has 0 saturated heterocycles. The molecule has 0 heterocycles. The van der Waals surface area contributed by atoms with Crippen molar-refractivity contribution in [3.05, 3.63) is 111 Å². The van der Waals surface area contributed by atoms with E-state index in [9.17, 15) is 30.0 Å². The molecule has 1 amide bonds. The normalized spacial score (nSPS) is 11.3. The Labute approximate surface area is 340 Å². The molecule has 0 spiro atoms. The largest absolute Gasteiger partial charge is 0.496 e. The van der Waals surface area contributed by atoms with Crippen molar-refractivity contribution in [3.63, 3.8) is 0 Å². The molecule has 0 aliphatic rings. The van der Waals surface area contributed by atoms with E-state index >= 15 is 0 Å². The highest BCUT2D eigenvalue weighted by Gasteiger charge is 2.17. The second kappa shape index (κ2) is 24.7. The van der Waals surface area contributed by atoms with E-state index in [4.69, 9.17) is 35.5 Å². The summed E-state index contributed by atoms with van der Waals surface area (Å²) in [5.41, 5.74) is 18.9. The summed E-state index contributed by atoms with van der Waals surface area (Å²) in [5, 5.41) is 50.0. The Morgan fingerprint density at radius 1 is 0.621 bits per heavy atom. The molecule has 4 aromatic carbocycles. The molecule has 1 unspecified atom stereocenters. The van der Waals surface area contributed by atoms with E-state index in [2.05, 4.69) is 5.32 Å². The Bertz CT molecular complexity index is 1890. The van der Waals surface area contributed by atoms with Gasteiger partial charge in [0.05, 0.1) is 72.7 Å². The number of aliphatic hydroxyl groups is 5. The van der Waals surface area contributed by atoms with Gasteiger partial charge >= 0.3 is 0 Å². The number of hydrogen-bond donors (Lipinski definition) is 8. The van der Waals surface area contributed by atoms with Crippen molar-refractivity contribution in [2.45, 2.75) is 78.4 Å². The maximum atomic E-state index is 12.1. The van der Waals surface area contributed by atoms with E-state index in [1.54, 1.807) is 13.2 Å². The van der Waals surface area contributed by atoms with Crippen molar-refractivity contribution in [1.82, 2.24) is 0 Å². The molecule has 4 rings (SSSR count). The van der Waals surface area contributed by atoms with Crippen molar-refractivity contribution in [1.29, 1.82) is 0 Å². The number of amides is 1. The summed E-state index contributed by atoms with van der Waals surface area (Å²) < 4.78 is 21.9. The first-order valence-corrected chi connectivity index (χ1v) is 19.2. The van der Waals surface area contributed by atoms with Gasteiger partial charge in [0.1, 0.15) is 29.0 Å². The summed E-state index contributed by atoms with van der Waals surface area (Å²) in [6.07, 6.45) is 3.06. The molecule has 316 valence electrons. The lowest BCUT2D eigenvalue weighted by Crippen LogP contribution is -2.38. The molecule has 14 heteroatoms. The highest BCUT2D eigenvalue weighted by atomic mass is 16.5. The highest BCUT2D eigenvalue weighted by Crippen LogP contribution is 2.30. The van der Waals surface area contributed by atoms with Gasteiger partial charge in [0.2, 0.25) is 5.91 Å². The van der Waals surface area contributed by atoms with Gasteiger partial charge in [-0.1, -0.05) is 30.3 Å². The number of hydrogen-bond acceptors (Lipinski definition) is 13. The van der Waals surface area contributed by atoms with Gasteiger partial charge in [-0.05, 0) is 103 Å². The highest BCUT2D eigenvalue weighted by molar-refractivity contribution is 5.96. The number of carbonyl (C=O) groups is 2. The molecule has 0 aliphatic carbocycles. The second-order valence-electron chi connectivity index (χ2n) is 13.3. The Kier molecular flexibility index (Phi) is 20.1. The molecule has 10 N–H and O–H groups in total. The molecule has 14 nitrogen and oxygen atoms in total. The van der Waals surface area contributed by atoms with E-state index in [0.29, 0.717) is 77.0 Å². The number of aliphatic hydroxyl groups excluding tert-OH is 5. The molecule has 0 fully saturated rings. The number of benzene rings is 4. The zero-order chi connectivity index (χ0) is 42.6. The van der Waals surface area contributed by atoms with Crippen LogP contribution in [0.3, 0.4) is 0 Å². The molecule has 4 aromatic rings. The van der Waals surface area contributed by atoms with Crippen LogP contribution in [0.5, 0.6) is 23.0 Å². The summed E-state index contributed by atoms with van der Waals surface area (Å²) in [4.78, 5) is 23.9. The van der Waals surface area contributed by atoms with Crippen LogP contribution in [0.15, 0.2) is 60.7 Å². The third-order valence-corrected chi connectivity index (χ3v) is 9.40. The Balaban J connectivity index is 0.000000311. The monoisotopic (exact) mass is 805 g/mol. The number of aryl methyl sites for hydroxylation is 4. The topological polar surface area (TPSA) is 236 Å². The zero-order valence-corrected chi connectivity index (χ0v) is 33.9. The number of nitrogens with two attached hydrogens (primary N) is 2. The third kappa shape index (κ3) is 13.5. The number of ketones is 1. The quantitative estimate of drug-likeness (QED) is 0.0571. The fraction of sp³-hybridized carbons (Fsp3) is 0.409. The molecule has 58 heavy (non-hydrogen) atoms. The number of ether oxygens (including phenoxy) is 4. The second-order valence-corrected chi connectivity index (χ2v) is 13.3. The molecule has 0 aromatic heterocycles. The van der Waals surface area contributed by atoms with Crippen LogP contribution >= 0.6 is 0 Å². The molecule has 0 saturated carbocycles. The molecule has 0 bridgehead atoms. The molecular formula is C44H59N3O11. The molecule has 0 aliphatic heterocycles. The lowest BCUT2D eigenvalue weighted by molar-refractivity contribution is -0.118. The van der Waals surface area contributed by atoms with Gasteiger partial charge in [0.25, 0.3) is 0 Å². The average molecular weight is 806 g/mol. The average Bonchev–Trinajstić information content (AvgIpc) is 3.25. The molecule has 0 radical (unpaired) electrons. The van der Waals surface area contributed by atoms with Crippen molar-refractivity contribution in [2.75, 3.05) is 45.9 Å². The lowest BCUT2D eigenvalue weighted by Gasteiger charge is -2.16. The number of carbonyl (C=O) groups excluding carboxylic acids is 2. The van der Waals surface area contributed by atoms with Gasteiger partial charge in [-0.25, -0.2) is 0 Å². The van der Waals surface area contributed by atoms with Crippen molar-refractivity contribution in [2.24, 2.45) is 11.5 Å². The van der Waals surface area contributed by atoms with E-state index in [-0.39, 0.29) is 45.2 Å². The zero-order valence-electron chi connectivity index (χ0n) is 33.9. The predicted octanol–water partition coefficient (Wildman–Crippen LogP) is 3.06. The van der Waals surface area contributed by atoms with Gasteiger partial charge in [-0.15, -0.1) is 0 Å². The summed E-state index contributed by atoms with van der Waals surface area (Å²) in [6, 6.07) is 17.9. The number of nitrogens with one attached hydrogen (secondary N) is 1. The maximum Gasteiger partial charge on any atom is 0.243 e. The first-order chi connectivity index (χ1) is 28.0. The minimum absolute atomic E-state index is 0.0106. The standard InChI is InChI=1S/C22H30N2O6.C22H29NO5/c1-3-30-20-7-6-14(9-19(20)24-22(28)18(23)13-27)4-5-15-8-16(11-25)17(12-26)21(10-15)29-2;1-3-28-21-7-6-15(8-17(21)11-19(26)12-23)4-5-16-9-18(13-24)20(14-25)22(10-16)27-2/h6-10,18,25-27H,3-5,11-13,23H2,1-2H3,(H,24,28);6-10,24-25H,3-5,11-14,23H2,1-2H3. The van der Waals surface area contributed by atoms with Crippen LogP contribution in [-0.2, 0) is 68.1 Å². The lowest BCUT2D eigenvalue weighted by atomic mass is 9.97. The van der Waals surface area contributed by atoms with Crippen molar-refractivity contribution >= 4 is 17.4 Å². The van der Waals surface area contributed by atoms with Crippen molar-refractivity contribution in [3.8, 4) is 23.0 Å². The Morgan fingerprint density at radius 2 is 1.09 bits per heavy atom. The number of rotatable bonds is 22. The fourth-order valence-electron chi connectivity index (χ4n) is 6.33. The van der Waals surface area contributed by atoms with Gasteiger partial charge in [0, 0.05) is 23.1 Å². The van der Waals surface area contributed by atoms with E-state index < -0.39 is 18.6 Å². The fourth-order valence-corrected chi connectivity index (χ4v) is 6.33. The smallest absolute Gasteiger partial charge is 0.243 e. The third-order valence-electron chi connectivity index (χ3n) is 9.40. The Morgan fingerprint density at radius 3 is 1.53 bits per heavy atom. The Hall–Kier alpha value is -5.06. The van der Waals surface area contributed by atoms with Gasteiger partial charge < -0.3 is 61.3 Å². The van der Waals surface area contributed by atoms with Crippen LogP contribution in [0.4, 0.5) is 5.69 Å². The van der Waals surface area contributed by atoms with Crippen molar-refractivity contribution < 1.29 is 54.1 Å². The minimum Gasteiger partial charge on any atom is -0.496 e. The summed E-state index contributed by atoms with van der Waals surface area (Å²) in [5.74, 6) is 1.82. The van der Waals surface area contributed by atoms with Gasteiger partial charge in [-0.3, -0.25) is 9.59 Å². The first-order valence-electron chi connectivity index (χ1n) is 19.2. The van der Waals surface area contributed by atoms with Crippen LogP contribution < -0.4 is 35.7 Å². The van der Waals surface area contributed by atoms with Crippen LogP contribution in [-0.4, -0.2) is 83.8 Å². The van der Waals surface area contributed by atoms with Crippen LogP contribution in [0.25, 0.3) is 0 Å². The minimum atomic E-state index is -1.02. The van der Waals surface area contributed by atoms with Gasteiger partial charge in [0.15, 0.2) is 5.78 Å². The number of Topliss-reactive ketones (excluding diaryl/α,β-unsaturated/α-hetero) is 1. The predicted molar refractivity (Wildman–Crippen MR) is 221 cm³/mol. The summed E-state index contributed by atoms with van der Waals surface area (Å²) in [7, 11) is 3.07. The van der Waals surface area contributed by atoms with Crippen LogP contribution in [0, 0.1) is 0 Å². The number of methoxy groups -OCH3 is 2. The van der Waals surface area contributed by atoms with Crippen LogP contribution in [0.1, 0.15) is 63.9 Å². The summed E-state index contributed by atoms with van der Waals surface area (Å²) in [6.45, 7) is 3.54. The number of anilines is 1. The van der Waals surface area contributed by atoms with Gasteiger partial charge in [-0.2, -0.15) is 0 Å². The van der Waals surface area contributed by atoms with E-state index in [1.807, 2.05) is 68.4 Å². The van der Waals surface area contributed by atoms with Crippen LogP contribution in [0.2, 0.25) is 0 Å². The summed E-state index contributed by atoms with van der Waals surface area (Å²) >= 11 is 0. The SMILES string of the molecule is CCOc1ccc(CCc2cc(CO)c(CO)c(OC)c2)cc1CC(=O)CN.CCOc1ccc(CCc2cc(CO)c(CO)c(OC)c2)cc1NC(=O)C(N)CO. The first kappa shape index (κ1) is 47.3. The molecule has 1 atom stereocenters. The molecular weight excluding hydrogens is 746 g/mol. The van der Waals surface area contributed by atoms with E-state index in [0.717, 1.165) is 40.7 Å². The van der Waals surface area contributed by atoms with E-state index in [1.165, 1.54) is 7.11 Å². The maximum absolute atomic E-state index is 12.1.